The number of rotatable bonds is 2. The number of nitrogens with one attached hydrogen (secondary N) is 1. The van der Waals surface area contributed by atoms with Crippen molar-refractivity contribution in [2.24, 2.45) is 5.92 Å². The van der Waals surface area contributed by atoms with Crippen molar-refractivity contribution in [1.82, 2.24) is 10.2 Å². The second kappa shape index (κ2) is 3.45. The van der Waals surface area contributed by atoms with E-state index in [9.17, 15) is 0 Å². The summed E-state index contributed by atoms with van der Waals surface area (Å²) in [6.07, 6.45) is 1.86. The van der Waals surface area contributed by atoms with Crippen LogP contribution in [0.5, 0.6) is 0 Å². The van der Waals surface area contributed by atoms with Gasteiger partial charge in [-0.3, -0.25) is 5.10 Å². The summed E-state index contributed by atoms with van der Waals surface area (Å²) < 4.78 is 0. The van der Waals surface area contributed by atoms with Crippen LogP contribution in [0, 0.1) is 5.92 Å². The number of aromatic amines is 1. The molecule has 0 fully saturated rings. The van der Waals surface area contributed by atoms with Crippen LogP contribution in [0.25, 0.3) is 10.9 Å². The first-order valence-corrected chi connectivity index (χ1v) is 5.11. The molecule has 2 rings (SSSR count). The summed E-state index contributed by atoms with van der Waals surface area (Å²) in [4.78, 5) is 0. The van der Waals surface area contributed by atoms with Gasteiger partial charge in [0.2, 0.25) is 0 Å². The Morgan fingerprint density at radius 2 is 2.00 bits per heavy atom. The fraction of sp³-hybridized carbons (Fsp3) is 0.417. The minimum atomic E-state index is 0.600. The van der Waals surface area contributed by atoms with Crippen LogP contribution in [0.4, 0.5) is 0 Å². The molecule has 1 unspecified atom stereocenters. The molecule has 74 valence electrons. The molecule has 0 aliphatic carbocycles. The van der Waals surface area contributed by atoms with Crippen LogP contribution in [0.2, 0.25) is 0 Å². The molecule has 0 radical (unpaired) electrons. The monoisotopic (exact) mass is 188 g/mol. The van der Waals surface area contributed by atoms with E-state index in [1.54, 1.807) is 0 Å². The molecule has 0 spiro atoms. The third-order valence-corrected chi connectivity index (χ3v) is 2.99. The number of hydrogen-bond donors (Lipinski definition) is 1. The summed E-state index contributed by atoms with van der Waals surface area (Å²) in [5.74, 6) is 1.28. The Kier molecular flexibility index (Phi) is 2.28. The molecule has 2 heteroatoms. The first-order chi connectivity index (χ1) is 6.68. The molecule has 0 bridgehead atoms. The van der Waals surface area contributed by atoms with Crippen molar-refractivity contribution in [1.29, 1.82) is 0 Å². The van der Waals surface area contributed by atoms with Crippen molar-refractivity contribution in [2.45, 2.75) is 26.7 Å². The molecule has 0 aliphatic rings. The zero-order chi connectivity index (χ0) is 10.1. The predicted octanol–water partition coefficient (Wildman–Crippen LogP) is 3.32. The van der Waals surface area contributed by atoms with Gasteiger partial charge in [0.05, 0.1) is 11.7 Å². The van der Waals surface area contributed by atoms with Gasteiger partial charge in [-0.05, 0) is 23.5 Å². The molecule has 1 aromatic heterocycles. The number of hydrogen-bond acceptors (Lipinski definition) is 1. The van der Waals surface area contributed by atoms with E-state index in [0.717, 1.165) is 5.52 Å². The van der Waals surface area contributed by atoms with Crippen LogP contribution in [-0.2, 0) is 0 Å². The summed E-state index contributed by atoms with van der Waals surface area (Å²) >= 11 is 0. The quantitative estimate of drug-likeness (QED) is 0.769. The average molecular weight is 188 g/mol. The van der Waals surface area contributed by atoms with Crippen molar-refractivity contribution < 1.29 is 0 Å². The van der Waals surface area contributed by atoms with Gasteiger partial charge < -0.3 is 0 Å². The molecule has 1 heterocycles. The van der Waals surface area contributed by atoms with Gasteiger partial charge in [-0.1, -0.05) is 32.9 Å². The van der Waals surface area contributed by atoms with E-state index in [1.165, 1.54) is 10.9 Å². The van der Waals surface area contributed by atoms with E-state index < -0.39 is 0 Å². The van der Waals surface area contributed by atoms with Crippen LogP contribution in [-0.4, -0.2) is 10.2 Å². The largest absolute Gasteiger partial charge is 0.278 e. The zero-order valence-electron chi connectivity index (χ0n) is 8.91. The van der Waals surface area contributed by atoms with Crippen molar-refractivity contribution in [2.75, 3.05) is 0 Å². The van der Waals surface area contributed by atoms with Crippen molar-refractivity contribution in [3.8, 4) is 0 Å². The van der Waals surface area contributed by atoms with Crippen LogP contribution < -0.4 is 0 Å². The number of aromatic nitrogens is 2. The number of nitrogens with zero attached hydrogens (tertiary/aromatic N) is 1. The maximum absolute atomic E-state index is 4.02. The molecule has 2 nitrogen and oxygen atoms in total. The van der Waals surface area contributed by atoms with Crippen molar-refractivity contribution >= 4 is 10.9 Å². The number of benzene rings is 1. The zero-order valence-corrected chi connectivity index (χ0v) is 8.91. The maximum atomic E-state index is 4.02. The summed E-state index contributed by atoms with van der Waals surface area (Å²) in [5, 5.41) is 8.21. The Hall–Kier alpha value is -1.31. The van der Waals surface area contributed by atoms with Gasteiger partial charge in [-0.15, -0.1) is 0 Å². The molecule has 1 N–H and O–H groups in total. The summed E-state index contributed by atoms with van der Waals surface area (Å²) in [5.41, 5.74) is 2.52. The van der Waals surface area contributed by atoms with Gasteiger partial charge in [0, 0.05) is 5.39 Å². The predicted molar refractivity (Wildman–Crippen MR) is 59.3 cm³/mol. The normalized spacial score (nSPS) is 13.7. The third-order valence-electron chi connectivity index (χ3n) is 2.99. The summed E-state index contributed by atoms with van der Waals surface area (Å²) in [6.45, 7) is 6.77. The Labute approximate surface area is 84.3 Å². The SMILES string of the molecule is CC(C)C(C)c1ccc2cn[nH]c2c1. The lowest BCUT2D eigenvalue weighted by Gasteiger charge is -2.15. The minimum Gasteiger partial charge on any atom is -0.278 e. The molecular weight excluding hydrogens is 172 g/mol. The topological polar surface area (TPSA) is 28.7 Å². The number of H-pyrrole nitrogens is 1. The van der Waals surface area contributed by atoms with E-state index in [2.05, 4.69) is 49.2 Å². The van der Waals surface area contributed by atoms with E-state index in [1.807, 2.05) is 6.20 Å². The van der Waals surface area contributed by atoms with Crippen molar-refractivity contribution in [3.05, 3.63) is 30.0 Å². The van der Waals surface area contributed by atoms with E-state index in [-0.39, 0.29) is 0 Å². The molecule has 2 aromatic rings. The average Bonchev–Trinajstić information content (AvgIpc) is 2.62. The standard InChI is InChI=1S/C12H16N2/c1-8(2)9(3)10-4-5-11-7-13-14-12(11)6-10/h4-9H,1-3H3,(H,13,14). The van der Waals surface area contributed by atoms with Gasteiger partial charge >= 0.3 is 0 Å². The molecule has 0 aliphatic heterocycles. The molecule has 0 saturated carbocycles. The molecule has 0 saturated heterocycles. The summed E-state index contributed by atoms with van der Waals surface area (Å²) in [7, 11) is 0. The fourth-order valence-electron chi connectivity index (χ4n) is 1.62. The van der Waals surface area contributed by atoms with Gasteiger partial charge in [0.15, 0.2) is 0 Å². The lowest BCUT2D eigenvalue weighted by molar-refractivity contribution is 0.535. The van der Waals surface area contributed by atoms with Crippen LogP contribution in [0.3, 0.4) is 0 Å². The van der Waals surface area contributed by atoms with Gasteiger partial charge in [-0.2, -0.15) is 5.10 Å². The highest BCUT2D eigenvalue weighted by atomic mass is 15.1. The Balaban J connectivity index is 2.43. The smallest absolute Gasteiger partial charge is 0.0653 e. The third kappa shape index (κ3) is 1.52. The lowest BCUT2D eigenvalue weighted by Crippen LogP contribution is -2.01. The molecule has 0 amide bonds. The van der Waals surface area contributed by atoms with Crippen LogP contribution in [0.15, 0.2) is 24.4 Å². The highest BCUT2D eigenvalue weighted by Crippen LogP contribution is 2.25. The van der Waals surface area contributed by atoms with Gasteiger partial charge in [-0.25, -0.2) is 0 Å². The van der Waals surface area contributed by atoms with E-state index >= 15 is 0 Å². The second-order valence-electron chi connectivity index (χ2n) is 4.25. The number of fused-ring (bicyclic) bond motifs is 1. The summed E-state index contributed by atoms with van der Waals surface area (Å²) in [6, 6.07) is 6.53. The first-order valence-electron chi connectivity index (χ1n) is 5.11. The Morgan fingerprint density at radius 3 is 2.71 bits per heavy atom. The highest BCUT2D eigenvalue weighted by Gasteiger charge is 2.10. The Morgan fingerprint density at radius 1 is 1.21 bits per heavy atom. The van der Waals surface area contributed by atoms with E-state index in [4.69, 9.17) is 0 Å². The van der Waals surface area contributed by atoms with Gasteiger partial charge in [0.25, 0.3) is 0 Å². The molecule has 14 heavy (non-hydrogen) atoms. The molecular formula is C12H16N2. The molecule has 1 aromatic carbocycles. The van der Waals surface area contributed by atoms with Gasteiger partial charge in [0.1, 0.15) is 0 Å². The Bertz CT molecular complexity index is 429. The highest BCUT2D eigenvalue weighted by molar-refractivity contribution is 5.78. The second-order valence-corrected chi connectivity index (χ2v) is 4.25. The maximum Gasteiger partial charge on any atom is 0.0653 e. The van der Waals surface area contributed by atoms with Crippen LogP contribution in [0.1, 0.15) is 32.3 Å². The lowest BCUT2D eigenvalue weighted by atomic mass is 9.90. The molecule has 1 atom stereocenters. The van der Waals surface area contributed by atoms with E-state index in [0.29, 0.717) is 11.8 Å². The van der Waals surface area contributed by atoms with Crippen LogP contribution >= 0.6 is 0 Å². The first kappa shape index (κ1) is 9.25. The minimum absolute atomic E-state index is 0.600. The fourth-order valence-corrected chi connectivity index (χ4v) is 1.62. The van der Waals surface area contributed by atoms with Crippen molar-refractivity contribution in [3.63, 3.8) is 0 Å².